The molecule has 11 rings (SSSR count). The molecule has 0 spiro atoms. The van der Waals surface area contributed by atoms with E-state index in [0.29, 0.717) is 23.4 Å². The summed E-state index contributed by atoms with van der Waals surface area (Å²) in [5.74, 6) is 2.51. The lowest BCUT2D eigenvalue weighted by atomic mass is 9.94. The minimum atomic E-state index is 0.615. The van der Waals surface area contributed by atoms with E-state index < -0.39 is 0 Å². The molecule has 0 fully saturated rings. The third kappa shape index (κ3) is 5.62. The summed E-state index contributed by atoms with van der Waals surface area (Å²) in [5.41, 5.74) is 9.87. The molecule has 266 valence electrons. The average Bonchev–Trinajstić information content (AvgIpc) is 3.62. The Labute approximate surface area is 328 Å². The van der Waals surface area contributed by atoms with Crippen molar-refractivity contribution in [1.82, 2.24) is 29.5 Å². The number of benzene rings is 8. The van der Waals surface area contributed by atoms with Crippen molar-refractivity contribution in [3.63, 3.8) is 0 Å². The highest BCUT2D eigenvalue weighted by Crippen LogP contribution is 2.43. The normalized spacial score (nSPS) is 11.5. The molecule has 0 atom stereocenters. The van der Waals surface area contributed by atoms with Gasteiger partial charge in [0.05, 0.1) is 22.2 Å². The molecule has 6 nitrogen and oxygen atoms in total. The molecular weight excluding hydrogens is 697 g/mol. The molecular formula is C51H32N6. The minimum absolute atomic E-state index is 0.615. The third-order valence-electron chi connectivity index (χ3n) is 10.7. The highest BCUT2D eigenvalue weighted by atomic mass is 15.2. The van der Waals surface area contributed by atoms with Crippen LogP contribution in [0.25, 0.3) is 106 Å². The summed E-state index contributed by atoms with van der Waals surface area (Å²) < 4.78 is 2.25. The second-order valence-electron chi connectivity index (χ2n) is 14.1. The molecule has 8 aromatic carbocycles. The molecule has 11 aromatic rings. The van der Waals surface area contributed by atoms with E-state index in [9.17, 15) is 0 Å². The van der Waals surface area contributed by atoms with E-state index >= 15 is 0 Å². The number of rotatable bonds is 6. The quantitative estimate of drug-likeness (QED) is 0.170. The molecule has 0 aliphatic rings. The van der Waals surface area contributed by atoms with E-state index in [0.717, 1.165) is 82.6 Å². The van der Waals surface area contributed by atoms with E-state index in [-0.39, 0.29) is 0 Å². The lowest BCUT2D eigenvalue weighted by Gasteiger charge is -2.15. The minimum Gasteiger partial charge on any atom is -0.277 e. The molecule has 0 amide bonds. The Balaban J connectivity index is 1.15. The van der Waals surface area contributed by atoms with Crippen LogP contribution in [-0.4, -0.2) is 29.5 Å². The SMILES string of the molecule is c1ccc(-c2nc(-c3ccccc3)nc(-c3ccc(-c4c5ccccc5cc5c6ccccc6n(-c6nc(-c7ccccc7)c7ccccc7n6)c45)cc3)n2)cc1. The van der Waals surface area contributed by atoms with Crippen molar-refractivity contribution in [2.75, 3.05) is 0 Å². The number of hydrogen-bond donors (Lipinski definition) is 0. The summed E-state index contributed by atoms with van der Waals surface area (Å²) in [7, 11) is 0. The highest BCUT2D eigenvalue weighted by molar-refractivity contribution is 6.21. The topological polar surface area (TPSA) is 69.4 Å². The van der Waals surface area contributed by atoms with Crippen LogP contribution in [0.3, 0.4) is 0 Å². The molecule has 0 aliphatic heterocycles. The number of hydrogen-bond acceptors (Lipinski definition) is 5. The largest absolute Gasteiger partial charge is 0.277 e. The predicted molar refractivity (Wildman–Crippen MR) is 232 cm³/mol. The van der Waals surface area contributed by atoms with Gasteiger partial charge in [-0.05, 0) is 34.5 Å². The lowest BCUT2D eigenvalue weighted by molar-refractivity contribution is 1.01. The van der Waals surface area contributed by atoms with Gasteiger partial charge >= 0.3 is 0 Å². The summed E-state index contributed by atoms with van der Waals surface area (Å²) in [6.07, 6.45) is 0. The maximum atomic E-state index is 5.38. The summed E-state index contributed by atoms with van der Waals surface area (Å²) in [5, 5.41) is 5.59. The Kier molecular flexibility index (Phi) is 7.71. The van der Waals surface area contributed by atoms with Gasteiger partial charge in [-0.1, -0.05) is 176 Å². The van der Waals surface area contributed by atoms with Crippen molar-refractivity contribution < 1.29 is 0 Å². The zero-order valence-electron chi connectivity index (χ0n) is 30.7. The van der Waals surface area contributed by atoms with Crippen molar-refractivity contribution in [2.24, 2.45) is 0 Å². The van der Waals surface area contributed by atoms with Gasteiger partial charge in [0.2, 0.25) is 5.95 Å². The van der Waals surface area contributed by atoms with Crippen molar-refractivity contribution in [3.05, 3.63) is 194 Å². The van der Waals surface area contributed by atoms with Crippen LogP contribution in [0.5, 0.6) is 0 Å². The van der Waals surface area contributed by atoms with Crippen LogP contribution in [0.4, 0.5) is 0 Å². The van der Waals surface area contributed by atoms with Crippen molar-refractivity contribution in [3.8, 4) is 62.5 Å². The van der Waals surface area contributed by atoms with Crippen molar-refractivity contribution >= 4 is 43.5 Å². The Hall–Kier alpha value is -7.83. The number of fused-ring (bicyclic) bond motifs is 5. The van der Waals surface area contributed by atoms with Crippen molar-refractivity contribution in [2.45, 2.75) is 0 Å². The Morgan fingerprint density at radius 2 is 0.825 bits per heavy atom. The molecule has 0 bridgehead atoms. The van der Waals surface area contributed by atoms with Gasteiger partial charge in [-0.3, -0.25) is 4.57 Å². The van der Waals surface area contributed by atoms with Crippen LogP contribution in [0.2, 0.25) is 0 Å². The van der Waals surface area contributed by atoms with Gasteiger partial charge in [0.25, 0.3) is 0 Å². The van der Waals surface area contributed by atoms with E-state index in [1.54, 1.807) is 0 Å². The van der Waals surface area contributed by atoms with Crippen LogP contribution in [-0.2, 0) is 0 Å². The molecule has 0 aliphatic carbocycles. The molecule has 57 heavy (non-hydrogen) atoms. The van der Waals surface area contributed by atoms with Crippen LogP contribution in [0, 0.1) is 0 Å². The highest BCUT2D eigenvalue weighted by Gasteiger charge is 2.22. The first kappa shape index (κ1) is 32.6. The standard InChI is InChI=1S/C51H32N6/c1-4-16-34(17-5-1)46-41-25-12-14-26-43(41)52-51(53-46)57-44-27-15-13-24-40(44)42-32-38-22-10-11-23-39(38)45(47(42)57)33-28-30-37(31-29-33)50-55-48(35-18-6-2-7-19-35)54-49(56-50)36-20-8-3-9-21-36/h1-32H. The zero-order valence-corrected chi connectivity index (χ0v) is 30.7. The monoisotopic (exact) mass is 728 g/mol. The van der Waals surface area contributed by atoms with E-state index in [4.69, 9.17) is 24.9 Å². The molecule has 6 heteroatoms. The fraction of sp³-hybridized carbons (Fsp3) is 0. The number of para-hydroxylation sites is 2. The maximum absolute atomic E-state index is 5.38. The predicted octanol–water partition coefficient (Wildman–Crippen LogP) is 12.4. The average molecular weight is 729 g/mol. The molecule has 3 heterocycles. The molecule has 3 aromatic heterocycles. The summed E-state index contributed by atoms with van der Waals surface area (Å²) >= 11 is 0. The van der Waals surface area contributed by atoms with Gasteiger partial charge in [0.15, 0.2) is 17.5 Å². The first-order chi connectivity index (χ1) is 28.3. The van der Waals surface area contributed by atoms with E-state index in [2.05, 4.69) is 120 Å². The molecule has 0 saturated heterocycles. The van der Waals surface area contributed by atoms with Crippen LogP contribution in [0.1, 0.15) is 0 Å². The molecule has 0 radical (unpaired) electrons. The van der Waals surface area contributed by atoms with Gasteiger partial charge in [0.1, 0.15) is 0 Å². The van der Waals surface area contributed by atoms with E-state index in [1.807, 2.05) is 78.9 Å². The van der Waals surface area contributed by atoms with Crippen LogP contribution < -0.4 is 0 Å². The summed E-state index contributed by atoms with van der Waals surface area (Å²) in [4.78, 5) is 25.5. The Morgan fingerprint density at radius 3 is 1.47 bits per heavy atom. The van der Waals surface area contributed by atoms with Crippen LogP contribution in [0.15, 0.2) is 194 Å². The third-order valence-corrected chi connectivity index (χ3v) is 10.7. The second kappa shape index (κ2) is 13.5. The number of nitrogens with zero attached hydrogens (tertiary/aromatic N) is 6. The van der Waals surface area contributed by atoms with Gasteiger partial charge in [-0.15, -0.1) is 0 Å². The lowest BCUT2D eigenvalue weighted by Crippen LogP contribution is -2.04. The smallest absolute Gasteiger partial charge is 0.235 e. The summed E-state index contributed by atoms with van der Waals surface area (Å²) in [6.45, 7) is 0. The summed E-state index contributed by atoms with van der Waals surface area (Å²) in [6, 6.07) is 66.9. The first-order valence-corrected chi connectivity index (χ1v) is 19.0. The van der Waals surface area contributed by atoms with Gasteiger partial charge in [-0.25, -0.2) is 24.9 Å². The van der Waals surface area contributed by atoms with Gasteiger partial charge in [0, 0.05) is 44.0 Å². The Bertz CT molecular complexity index is 3210. The van der Waals surface area contributed by atoms with Crippen molar-refractivity contribution in [1.29, 1.82) is 0 Å². The zero-order chi connectivity index (χ0) is 37.7. The fourth-order valence-corrected chi connectivity index (χ4v) is 8.00. The maximum Gasteiger partial charge on any atom is 0.235 e. The number of aromatic nitrogens is 6. The van der Waals surface area contributed by atoms with Gasteiger partial charge < -0.3 is 0 Å². The van der Waals surface area contributed by atoms with Crippen LogP contribution >= 0.6 is 0 Å². The second-order valence-corrected chi connectivity index (χ2v) is 14.1. The molecule has 0 N–H and O–H groups in total. The fourth-order valence-electron chi connectivity index (χ4n) is 8.00. The van der Waals surface area contributed by atoms with E-state index in [1.165, 1.54) is 0 Å². The molecule has 0 saturated carbocycles. The first-order valence-electron chi connectivity index (χ1n) is 19.0. The molecule has 0 unspecified atom stereocenters. The van der Waals surface area contributed by atoms with Gasteiger partial charge in [-0.2, -0.15) is 0 Å². The Morgan fingerprint density at radius 1 is 0.333 bits per heavy atom.